The molecule has 0 radical (unpaired) electrons. The Morgan fingerprint density at radius 3 is 2.90 bits per heavy atom. The summed E-state index contributed by atoms with van der Waals surface area (Å²) in [6.07, 6.45) is 4.98. The lowest BCUT2D eigenvalue weighted by molar-refractivity contribution is 0.0168. The molecule has 31 heavy (non-hydrogen) atoms. The summed E-state index contributed by atoms with van der Waals surface area (Å²) in [5.74, 6) is 1.30. The molecule has 0 spiro atoms. The summed E-state index contributed by atoms with van der Waals surface area (Å²) < 4.78 is 16.5. The van der Waals surface area contributed by atoms with Crippen molar-refractivity contribution in [2.75, 3.05) is 33.4 Å². The largest absolute Gasteiger partial charge is 0.467 e. The van der Waals surface area contributed by atoms with Crippen LogP contribution in [-0.2, 0) is 22.6 Å². The van der Waals surface area contributed by atoms with Crippen LogP contribution < -0.4 is 16.0 Å². The number of benzene rings is 1. The van der Waals surface area contributed by atoms with Gasteiger partial charge in [0.2, 0.25) is 0 Å². The lowest BCUT2D eigenvalue weighted by Gasteiger charge is -2.13. The predicted molar refractivity (Wildman–Crippen MR) is 119 cm³/mol. The second-order valence-electron chi connectivity index (χ2n) is 7.38. The van der Waals surface area contributed by atoms with Gasteiger partial charge < -0.3 is 29.8 Å². The number of nitrogens with zero attached hydrogens (tertiary/aromatic N) is 1. The van der Waals surface area contributed by atoms with Crippen LogP contribution >= 0.6 is 0 Å². The molecular formula is C23H32N4O4. The summed E-state index contributed by atoms with van der Waals surface area (Å²) in [6, 6.07) is 11.1. The minimum absolute atomic E-state index is 0.135. The first-order valence-corrected chi connectivity index (χ1v) is 10.8. The summed E-state index contributed by atoms with van der Waals surface area (Å²) in [5.41, 5.74) is 1.60. The van der Waals surface area contributed by atoms with E-state index in [1.807, 2.05) is 24.3 Å². The van der Waals surface area contributed by atoms with E-state index in [4.69, 9.17) is 13.9 Å². The number of hydrogen-bond acceptors (Lipinski definition) is 5. The molecule has 0 aliphatic carbocycles. The number of ether oxygens (including phenoxy) is 2. The maximum Gasteiger partial charge on any atom is 0.251 e. The molecule has 3 rings (SSSR count). The summed E-state index contributed by atoms with van der Waals surface area (Å²) >= 11 is 0. The molecule has 1 aliphatic heterocycles. The molecule has 1 aliphatic rings. The topological polar surface area (TPSA) is 97.1 Å². The van der Waals surface area contributed by atoms with Gasteiger partial charge in [0.15, 0.2) is 5.96 Å². The molecule has 8 heteroatoms. The first kappa shape index (κ1) is 22.8. The van der Waals surface area contributed by atoms with E-state index in [-0.39, 0.29) is 12.0 Å². The van der Waals surface area contributed by atoms with E-state index in [0.717, 1.165) is 43.7 Å². The van der Waals surface area contributed by atoms with Crippen molar-refractivity contribution in [3.05, 3.63) is 59.5 Å². The Bertz CT molecular complexity index is 817. The van der Waals surface area contributed by atoms with E-state index in [0.29, 0.717) is 37.8 Å². The molecule has 2 heterocycles. The fourth-order valence-corrected chi connectivity index (χ4v) is 3.28. The summed E-state index contributed by atoms with van der Waals surface area (Å²) in [5, 5.41) is 9.41. The van der Waals surface area contributed by atoms with E-state index >= 15 is 0 Å². The number of furan rings is 1. The fraction of sp³-hybridized carbons (Fsp3) is 0.478. The monoisotopic (exact) mass is 428 g/mol. The van der Waals surface area contributed by atoms with E-state index < -0.39 is 0 Å². The molecule has 1 aromatic heterocycles. The normalized spacial score (nSPS) is 16.3. The number of carbonyl (C=O) groups excluding carboxylic acids is 1. The maximum atomic E-state index is 12.4. The summed E-state index contributed by atoms with van der Waals surface area (Å²) in [4.78, 5) is 16.6. The van der Waals surface area contributed by atoms with Crippen LogP contribution in [0.1, 0.15) is 40.9 Å². The summed E-state index contributed by atoms with van der Waals surface area (Å²) in [6.45, 7) is 3.92. The van der Waals surface area contributed by atoms with Gasteiger partial charge in [0.05, 0.1) is 25.5 Å². The van der Waals surface area contributed by atoms with Gasteiger partial charge in [-0.1, -0.05) is 12.1 Å². The molecule has 2 aromatic rings. The lowest BCUT2D eigenvalue weighted by Crippen LogP contribution is -2.37. The van der Waals surface area contributed by atoms with Gasteiger partial charge in [0.25, 0.3) is 5.91 Å². The second-order valence-corrected chi connectivity index (χ2v) is 7.38. The van der Waals surface area contributed by atoms with Crippen LogP contribution in [0.5, 0.6) is 0 Å². The molecule has 168 valence electrons. The Morgan fingerprint density at radius 1 is 1.19 bits per heavy atom. The number of nitrogens with one attached hydrogen (secondary N) is 3. The third kappa shape index (κ3) is 8.07. The van der Waals surface area contributed by atoms with Crippen molar-refractivity contribution < 1.29 is 18.7 Å². The highest BCUT2D eigenvalue weighted by atomic mass is 16.5. The fourth-order valence-electron chi connectivity index (χ4n) is 3.28. The molecule has 3 N–H and O–H groups in total. The highest BCUT2D eigenvalue weighted by Crippen LogP contribution is 2.11. The van der Waals surface area contributed by atoms with Gasteiger partial charge in [-0.05, 0) is 49.1 Å². The van der Waals surface area contributed by atoms with Crippen LogP contribution in [0, 0.1) is 0 Å². The van der Waals surface area contributed by atoms with Gasteiger partial charge in [0, 0.05) is 38.9 Å². The molecule has 0 saturated carbocycles. The van der Waals surface area contributed by atoms with Crippen LogP contribution in [0.15, 0.2) is 52.1 Å². The van der Waals surface area contributed by atoms with Crippen LogP contribution in [0.2, 0.25) is 0 Å². The molecule has 0 bridgehead atoms. The van der Waals surface area contributed by atoms with Crippen molar-refractivity contribution >= 4 is 11.9 Å². The van der Waals surface area contributed by atoms with Gasteiger partial charge >= 0.3 is 0 Å². The molecule has 1 aromatic carbocycles. The average molecular weight is 429 g/mol. The molecule has 1 unspecified atom stereocenters. The van der Waals surface area contributed by atoms with Crippen molar-refractivity contribution in [1.82, 2.24) is 16.0 Å². The van der Waals surface area contributed by atoms with Crippen LogP contribution in [-0.4, -0.2) is 51.4 Å². The first-order valence-electron chi connectivity index (χ1n) is 10.8. The predicted octanol–water partition coefficient (Wildman–Crippen LogP) is 2.46. The second kappa shape index (κ2) is 12.8. The third-order valence-corrected chi connectivity index (χ3v) is 4.96. The smallest absolute Gasteiger partial charge is 0.251 e. The highest BCUT2D eigenvalue weighted by molar-refractivity contribution is 5.94. The molecular weight excluding hydrogens is 396 g/mol. The van der Waals surface area contributed by atoms with Gasteiger partial charge in [0.1, 0.15) is 5.76 Å². The Kier molecular flexibility index (Phi) is 9.40. The van der Waals surface area contributed by atoms with Crippen molar-refractivity contribution in [3.8, 4) is 0 Å². The van der Waals surface area contributed by atoms with Gasteiger partial charge in [-0.15, -0.1) is 0 Å². The van der Waals surface area contributed by atoms with Gasteiger partial charge in [-0.3, -0.25) is 9.79 Å². The molecule has 8 nitrogen and oxygen atoms in total. The Morgan fingerprint density at radius 2 is 2.13 bits per heavy atom. The van der Waals surface area contributed by atoms with Crippen LogP contribution in [0.25, 0.3) is 0 Å². The van der Waals surface area contributed by atoms with Gasteiger partial charge in [-0.2, -0.15) is 0 Å². The maximum absolute atomic E-state index is 12.4. The minimum Gasteiger partial charge on any atom is -0.467 e. The number of aliphatic imine (C=N–C) groups is 1. The Labute approximate surface area is 183 Å². The third-order valence-electron chi connectivity index (χ3n) is 4.96. The number of hydrogen-bond donors (Lipinski definition) is 3. The number of carbonyl (C=O) groups is 1. The zero-order chi connectivity index (χ0) is 21.7. The zero-order valence-electron chi connectivity index (χ0n) is 18.1. The quantitative estimate of drug-likeness (QED) is 0.289. The SMILES string of the molecule is CN=C(NCCCOCC1CCCO1)NCc1cccc(C(=O)NCc2ccco2)c1. The van der Waals surface area contributed by atoms with E-state index in [2.05, 4.69) is 20.9 Å². The molecule has 1 saturated heterocycles. The molecule has 1 amide bonds. The van der Waals surface area contributed by atoms with Crippen molar-refractivity contribution in [2.45, 2.75) is 38.5 Å². The van der Waals surface area contributed by atoms with Crippen LogP contribution in [0.4, 0.5) is 0 Å². The van der Waals surface area contributed by atoms with E-state index in [1.54, 1.807) is 25.4 Å². The lowest BCUT2D eigenvalue weighted by atomic mass is 10.1. The molecule has 1 fully saturated rings. The standard InChI is InChI=1S/C23H32N4O4/c1-24-23(25-10-5-11-29-17-21-9-4-13-31-21)27-15-18-6-2-7-19(14-18)22(28)26-16-20-8-3-12-30-20/h2-3,6-8,12,14,21H,4-5,9-11,13,15-17H2,1H3,(H,26,28)(H2,24,25,27). The van der Waals surface area contributed by atoms with Crippen molar-refractivity contribution in [1.29, 1.82) is 0 Å². The summed E-state index contributed by atoms with van der Waals surface area (Å²) in [7, 11) is 1.74. The van der Waals surface area contributed by atoms with Crippen molar-refractivity contribution in [2.24, 2.45) is 4.99 Å². The number of guanidine groups is 1. The zero-order valence-corrected chi connectivity index (χ0v) is 18.1. The Balaban J connectivity index is 1.33. The van der Waals surface area contributed by atoms with E-state index in [9.17, 15) is 4.79 Å². The molecule has 1 atom stereocenters. The number of amides is 1. The minimum atomic E-state index is -0.135. The van der Waals surface area contributed by atoms with Gasteiger partial charge in [-0.25, -0.2) is 0 Å². The Hall–Kier alpha value is -2.84. The van der Waals surface area contributed by atoms with E-state index in [1.165, 1.54) is 0 Å². The van der Waals surface area contributed by atoms with Crippen LogP contribution in [0.3, 0.4) is 0 Å². The first-order chi connectivity index (χ1) is 15.2. The van der Waals surface area contributed by atoms with Crippen molar-refractivity contribution in [3.63, 3.8) is 0 Å². The average Bonchev–Trinajstić information content (AvgIpc) is 3.51. The highest BCUT2D eigenvalue weighted by Gasteiger charge is 2.14. The number of rotatable bonds is 11.